The standard InChI is InChI=1S/C21H24N2O4S/c1-20(2)7-11-17(13(24)9-20)19(15-5-6-16(28-15)23(26)27)18-12(22-11)8-21(3,4)10-14(18)25/h5-6,19,22H,7-10H2,1-4H3. The number of carbonyl (C=O) groups is 2. The fourth-order valence-corrected chi connectivity index (χ4v) is 5.71. The summed E-state index contributed by atoms with van der Waals surface area (Å²) in [4.78, 5) is 37.7. The van der Waals surface area contributed by atoms with Crippen LogP contribution in [-0.4, -0.2) is 16.5 Å². The number of hydrogen-bond donors (Lipinski definition) is 1. The number of nitrogens with one attached hydrogen (secondary N) is 1. The Hall–Kier alpha value is -2.28. The third-order valence-electron chi connectivity index (χ3n) is 5.80. The minimum absolute atomic E-state index is 0.0315. The van der Waals surface area contributed by atoms with E-state index in [4.69, 9.17) is 0 Å². The molecule has 148 valence electrons. The molecule has 2 heterocycles. The largest absolute Gasteiger partial charge is 0.362 e. The van der Waals surface area contributed by atoms with E-state index in [1.165, 1.54) is 6.07 Å². The molecule has 1 aromatic rings. The minimum Gasteiger partial charge on any atom is -0.362 e. The molecule has 0 unspecified atom stereocenters. The van der Waals surface area contributed by atoms with Crippen LogP contribution < -0.4 is 5.32 Å². The molecule has 0 saturated carbocycles. The van der Waals surface area contributed by atoms with Gasteiger partial charge in [-0.1, -0.05) is 39.0 Å². The Labute approximate surface area is 167 Å². The van der Waals surface area contributed by atoms with Crippen molar-refractivity contribution in [1.29, 1.82) is 0 Å². The summed E-state index contributed by atoms with van der Waals surface area (Å²) in [6, 6.07) is 3.17. The lowest BCUT2D eigenvalue weighted by Gasteiger charge is -2.43. The monoisotopic (exact) mass is 400 g/mol. The molecule has 2 aliphatic carbocycles. The zero-order valence-corrected chi connectivity index (χ0v) is 17.4. The molecule has 0 radical (unpaired) electrons. The lowest BCUT2D eigenvalue weighted by atomic mass is 9.65. The van der Waals surface area contributed by atoms with Crippen molar-refractivity contribution in [1.82, 2.24) is 5.32 Å². The Kier molecular flexibility index (Phi) is 4.16. The van der Waals surface area contributed by atoms with Crippen LogP contribution in [0.2, 0.25) is 0 Å². The van der Waals surface area contributed by atoms with Crippen molar-refractivity contribution in [2.24, 2.45) is 10.8 Å². The van der Waals surface area contributed by atoms with Crippen LogP contribution in [0.15, 0.2) is 34.7 Å². The van der Waals surface area contributed by atoms with E-state index in [1.54, 1.807) is 6.07 Å². The first kappa shape index (κ1) is 19.1. The number of allylic oxidation sites excluding steroid dienone is 4. The van der Waals surface area contributed by atoms with Crippen molar-refractivity contribution in [3.8, 4) is 0 Å². The van der Waals surface area contributed by atoms with Crippen LogP contribution in [0.3, 0.4) is 0 Å². The average Bonchev–Trinajstić information content (AvgIpc) is 3.00. The van der Waals surface area contributed by atoms with Crippen molar-refractivity contribution in [2.75, 3.05) is 0 Å². The number of hydrogen-bond acceptors (Lipinski definition) is 6. The molecule has 3 aliphatic rings. The first-order valence-electron chi connectivity index (χ1n) is 9.51. The lowest BCUT2D eigenvalue weighted by Crippen LogP contribution is -2.42. The highest BCUT2D eigenvalue weighted by Crippen LogP contribution is 2.52. The van der Waals surface area contributed by atoms with Crippen LogP contribution in [0.4, 0.5) is 5.00 Å². The molecule has 1 aromatic heterocycles. The molecule has 0 aromatic carbocycles. The number of thiophene rings is 1. The van der Waals surface area contributed by atoms with Gasteiger partial charge in [0.15, 0.2) is 11.6 Å². The van der Waals surface area contributed by atoms with Crippen molar-refractivity contribution in [3.63, 3.8) is 0 Å². The maximum atomic E-state index is 13.1. The predicted molar refractivity (Wildman–Crippen MR) is 107 cm³/mol. The highest BCUT2D eigenvalue weighted by atomic mass is 32.1. The molecule has 0 fully saturated rings. The van der Waals surface area contributed by atoms with Gasteiger partial charge in [-0.3, -0.25) is 19.7 Å². The summed E-state index contributed by atoms with van der Waals surface area (Å²) in [5.41, 5.74) is 2.71. The van der Waals surface area contributed by atoms with Crippen molar-refractivity contribution in [3.05, 3.63) is 49.7 Å². The Balaban J connectivity index is 1.90. The molecule has 1 N–H and O–H groups in total. The second-order valence-electron chi connectivity index (χ2n) is 9.66. The van der Waals surface area contributed by atoms with E-state index in [1.807, 2.05) is 0 Å². The second-order valence-corrected chi connectivity index (χ2v) is 10.8. The molecular formula is C21H24N2O4S. The predicted octanol–water partition coefficient (Wildman–Crippen LogP) is 4.63. The van der Waals surface area contributed by atoms with Crippen LogP contribution in [0.1, 0.15) is 64.2 Å². The summed E-state index contributed by atoms with van der Waals surface area (Å²) in [5.74, 6) is -0.426. The molecular weight excluding hydrogens is 376 g/mol. The van der Waals surface area contributed by atoms with Gasteiger partial charge >= 0.3 is 5.00 Å². The van der Waals surface area contributed by atoms with Gasteiger partial charge in [0.1, 0.15) is 0 Å². The number of rotatable bonds is 2. The highest BCUT2D eigenvalue weighted by Gasteiger charge is 2.46. The SMILES string of the molecule is CC1(C)CC(=O)C2=C(C1)NC1=C(C(=O)CC(C)(C)C1)C2c1ccc([N+](=O)[O-])s1. The molecule has 0 amide bonds. The summed E-state index contributed by atoms with van der Waals surface area (Å²) >= 11 is 1.06. The van der Waals surface area contributed by atoms with Crippen LogP contribution in [0.25, 0.3) is 0 Å². The zero-order chi connectivity index (χ0) is 20.4. The van der Waals surface area contributed by atoms with Crippen molar-refractivity contribution in [2.45, 2.75) is 59.3 Å². The van der Waals surface area contributed by atoms with Crippen molar-refractivity contribution >= 4 is 27.9 Å². The van der Waals surface area contributed by atoms with Gasteiger partial charge in [-0.2, -0.15) is 0 Å². The van der Waals surface area contributed by atoms with E-state index < -0.39 is 10.8 Å². The molecule has 0 bridgehead atoms. The number of Topliss-reactive ketones (excluding diaryl/α,β-unsaturated/α-hetero) is 2. The Bertz CT molecular complexity index is 928. The van der Waals surface area contributed by atoms with Crippen LogP contribution in [0.5, 0.6) is 0 Å². The Morgan fingerprint density at radius 3 is 1.89 bits per heavy atom. The van der Waals surface area contributed by atoms with Gasteiger partial charge in [0.25, 0.3) is 0 Å². The van der Waals surface area contributed by atoms with E-state index in [-0.39, 0.29) is 27.4 Å². The number of nitrogens with zero attached hydrogens (tertiary/aromatic N) is 1. The number of carbonyl (C=O) groups excluding carboxylic acids is 2. The number of nitro groups is 1. The lowest BCUT2D eigenvalue weighted by molar-refractivity contribution is -0.380. The molecule has 1 aliphatic heterocycles. The summed E-state index contributed by atoms with van der Waals surface area (Å²) in [5, 5.41) is 14.7. The first-order chi connectivity index (χ1) is 13.0. The first-order valence-corrected chi connectivity index (χ1v) is 10.3. The Morgan fingerprint density at radius 1 is 0.964 bits per heavy atom. The average molecular weight is 401 g/mol. The molecule has 0 saturated heterocycles. The molecule has 28 heavy (non-hydrogen) atoms. The topological polar surface area (TPSA) is 89.3 Å². The maximum Gasteiger partial charge on any atom is 0.324 e. The number of dihydropyridines is 1. The summed E-state index contributed by atoms with van der Waals surface area (Å²) in [6.45, 7) is 8.28. The molecule has 0 spiro atoms. The summed E-state index contributed by atoms with van der Waals surface area (Å²) in [7, 11) is 0. The van der Waals surface area contributed by atoms with Gasteiger partial charge in [0.05, 0.1) is 10.8 Å². The van der Waals surface area contributed by atoms with Gasteiger partial charge in [-0.15, -0.1) is 0 Å². The van der Waals surface area contributed by atoms with E-state index >= 15 is 0 Å². The van der Waals surface area contributed by atoms with E-state index in [2.05, 4.69) is 33.0 Å². The van der Waals surface area contributed by atoms with Gasteiger partial charge in [0, 0.05) is 46.3 Å². The fourth-order valence-electron chi connectivity index (χ4n) is 4.77. The quantitative estimate of drug-likeness (QED) is 0.577. The zero-order valence-electron chi connectivity index (χ0n) is 16.5. The molecule has 0 atom stereocenters. The van der Waals surface area contributed by atoms with E-state index in [0.29, 0.717) is 28.9 Å². The fraction of sp³-hybridized carbons (Fsp3) is 0.524. The third-order valence-corrected chi connectivity index (χ3v) is 6.90. The minimum atomic E-state index is -0.489. The maximum absolute atomic E-state index is 13.1. The van der Waals surface area contributed by atoms with Crippen LogP contribution in [0, 0.1) is 20.9 Å². The van der Waals surface area contributed by atoms with Crippen molar-refractivity contribution < 1.29 is 14.5 Å². The normalized spacial score (nSPS) is 24.0. The summed E-state index contributed by atoms with van der Waals surface area (Å²) in [6.07, 6.45) is 2.28. The van der Waals surface area contributed by atoms with E-state index in [0.717, 1.165) is 35.6 Å². The van der Waals surface area contributed by atoms with Gasteiger partial charge in [0.2, 0.25) is 0 Å². The molecule has 7 heteroatoms. The second kappa shape index (κ2) is 6.11. The Morgan fingerprint density at radius 2 is 1.46 bits per heavy atom. The molecule has 6 nitrogen and oxygen atoms in total. The van der Waals surface area contributed by atoms with Crippen LogP contribution in [-0.2, 0) is 9.59 Å². The number of ketones is 2. The van der Waals surface area contributed by atoms with Gasteiger partial charge < -0.3 is 5.32 Å². The third kappa shape index (κ3) is 3.11. The smallest absolute Gasteiger partial charge is 0.324 e. The summed E-state index contributed by atoms with van der Waals surface area (Å²) < 4.78 is 0. The van der Waals surface area contributed by atoms with E-state index in [9.17, 15) is 19.7 Å². The molecule has 4 rings (SSSR count). The van der Waals surface area contributed by atoms with Gasteiger partial charge in [-0.05, 0) is 29.7 Å². The highest BCUT2D eigenvalue weighted by molar-refractivity contribution is 7.15. The van der Waals surface area contributed by atoms with Crippen LogP contribution >= 0.6 is 11.3 Å². The van der Waals surface area contributed by atoms with Gasteiger partial charge in [-0.25, -0.2) is 0 Å².